The molecule has 0 radical (unpaired) electrons. The van der Waals surface area contributed by atoms with Crippen molar-refractivity contribution in [3.63, 3.8) is 0 Å². The maximum Gasteiger partial charge on any atom is 0.0453 e. The fourth-order valence-electron chi connectivity index (χ4n) is 2.98. The van der Waals surface area contributed by atoms with Crippen molar-refractivity contribution in [1.29, 1.82) is 0 Å². The van der Waals surface area contributed by atoms with Gasteiger partial charge in [-0.2, -0.15) is 0 Å². The summed E-state index contributed by atoms with van der Waals surface area (Å²) in [6.45, 7) is 8.04. The lowest BCUT2D eigenvalue weighted by Crippen LogP contribution is -2.45. The monoisotopic (exact) mass is 260 g/mol. The second-order valence-corrected chi connectivity index (χ2v) is 6.23. The predicted octanol–water partition coefficient (Wildman–Crippen LogP) is 3.59. The molecule has 0 amide bonds. The summed E-state index contributed by atoms with van der Waals surface area (Å²) in [7, 11) is 0. The van der Waals surface area contributed by atoms with Crippen molar-refractivity contribution >= 4 is 0 Å². The maximum absolute atomic E-state index is 6.55. The molecule has 0 heterocycles. The molecule has 0 bridgehead atoms. The minimum absolute atomic E-state index is 0.130. The first kappa shape index (κ1) is 14.5. The Bertz CT molecular complexity index is 370. The van der Waals surface area contributed by atoms with Gasteiger partial charge in [-0.15, -0.1) is 0 Å². The molecule has 1 aliphatic rings. The lowest BCUT2D eigenvalue weighted by Gasteiger charge is -2.36. The lowest BCUT2D eigenvalue weighted by molar-refractivity contribution is 0.139. The van der Waals surface area contributed by atoms with E-state index < -0.39 is 0 Å². The van der Waals surface area contributed by atoms with Gasteiger partial charge in [-0.25, -0.2) is 0 Å². The van der Waals surface area contributed by atoms with Gasteiger partial charge in [0.2, 0.25) is 0 Å². The van der Waals surface area contributed by atoms with E-state index in [4.69, 9.17) is 5.73 Å². The van der Waals surface area contributed by atoms with Crippen LogP contribution >= 0.6 is 0 Å². The normalized spacial score (nSPS) is 18.8. The van der Waals surface area contributed by atoms with E-state index in [-0.39, 0.29) is 6.04 Å². The number of nitrogens with two attached hydrogens (primary N) is 1. The summed E-state index contributed by atoms with van der Waals surface area (Å²) in [6, 6.07) is 11.9. The van der Waals surface area contributed by atoms with E-state index in [2.05, 4.69) is 56.0 Å². The molecule has 2 rings (SSSR count). The maximum atomic E-state index is 6.55. The van der Waals surface area contributed by atoms with Crippen molar-refractivity contribution < 1.29 is 0 Å². The number of hydrogen-bond acceptors (Lipinski definition) is 2. The zero-order valence-corrected chi connectivity index (χ0v) is 12.5. The Kier molecular flexibility index (Phi) is 5.00. The number of hydrogen-bond donors (Lipinski definition) is 1. The van der Waals surface area contributed by atoms with E-state index >= 15 is 0 Å². The van der Waals surface area contributed by atoms with Gasteiger partial charge < -0.3 is 5.73 Å². The van der Waals surface area contributed by atoms with E-state index in [0.29, 0.717) is 12.0 Å². The molecule has 0 saturated heterocycles. The molecule has 2 N–H and O–H groups in total. The summed E-state index contributed by atoms with van der Waals surface area (Å²) in [5, 5.41) is 0. The molecule has 1 aromatic rings. The van der Waals surface area contributed by atoms with E-state index in [9.17, 15) is 0 Å². The molecule has 0 aliphatic heterocycles. The first-order valence-corrected chi connectivity index (χ1v) is 7.69. The standard InChI is InChI=1S/C17H28N2/c1-4-16(17(18)14-8-6-5-7-9-14)19(12-13(2)3)15-10-11-15/h5-9,13,15-17H,4,10-12,18H2,1-3H3. The first-order chi connectivity index (χ1) is 9.13. The molecule has 2 atom stereocenters. The molecule has 1 aromatic carbocycles. The van der Waals surface area contributed by atoms with E-state index in [1.807, 2.05) is 0 Å². The minimum atomic E-state index is 0.130. The quantitative estimate of drug-likeness (QED) is 0.812. The van der Waals surface area contributed by atoms with E-state index in [1.165, 1.54) is 24.9 Å². The van der Waals surface area contributed by atoms with Crippen LogP contribution in [0.1, 0.15) is 51.6 Å². The molecular formula is C17H28N2. The molecule has 0 aromatic heterocycles. The fraction of sp³-hybridized carbons (Fsp3) is 0.647. The van der Waals surface area contributed by atoms with Gasteiger partial charge >= 0.3 is 0 Å². The summed E-state index contributed by atoms with van der Waals surface area (Å²) in [5.74, 6) is 0.706. The highest BCUT2D eigenvalue weighted by molar-refractivity contribution is 5.20. The largest absolute Gasteiger partial charge is 0.323 e. The summed E-state index contributed by atoms with van der Waals surface area (Å²) < 4.78 is 0. The molecule has 106 valence electrons. The van der Waals surface area contributed by atoms with E-state index in [1.54, 1.807) is 0 Å². The number of rotatable bonds is 7. The Hall–Kier alpha value is -0.860. The van der Waals surface area contributed by atoms with Crippen LogP contribution in [0.3, 0.4) is 0 Å². The molecule has 1 aliphatic carbocycles. The average Bonchev–Trinajstić information content (AvgIpc) is 3.23. The van der Waals surface area contributed by atoms with Gasteiger partial charge in [0.05, 0.1) is 0 Å². The van der Waals surface area contributed by atoms with Crippen LogP contribution in [0, 0.1) is 5.92 Å². The summed E-state index contributed by atoms with van der Waals surface area (Å²) in [5.41, 5.74) is 7.82. The van der Waals surface area contributed by atoms with Crippen molar-refractivity contribution in [2.75, 3.05) is 6.54 Å². The van der Waals surface area contributed by atoms with Crippen LogP contribution < -0.4 is 5.73 Å². The van der Waals surface area contributed by atoms with Gasteiger partial charge in [0.15, 0.2) is 0 Å². The van der Waals surface area contributed by atoms with Crippen molar-refractivity contribution in [1.82, 2.24) is 4.90 Å². The fourth-order valence-corrected chi connectivity index (χ4v) is 2.98. The topological polar surface area (TPSA) is 29.3 Å². The number of nitrogens with zero attached hydrogens (tertiary/aromatic N) is 1. The predicted molar refractivity (Wildman–Crippen MR) is 82.0 cm³/mol. The highest BCUT2D eigenvalue weighted by Crippen LogP contribution is 2.33. The van der Waals surface area contributed by atoms with Gasteiger partial charge in [-0.3, -0.25) is 4.90 Å². The Morgan fingerprint density at radius 3 is 2.32 bits per heavy atom. The Morgan fingerprint density at radius 1 is 1.21 bits per heavy atom. The Balaban J connectivity index is 2.12. The van der Waals surface area contributed by atoms with Crippen LogP contribution in [0.5, 0.6) is 0 Å². The minimum Gasteiger partial charge on any atom is -0.323 e. The summed E-state index contributed by atoms with van der Waals surface area (Å²) >= 11 is 0. The van der Waals surface area contributed by atoms with Gasteiger partial charge in [0, 0.05) is 24.7 Å². The smallest absolute Gasteiger partial charge is 0.0453 e. The third-order valence-corrected chi connectivity index (χ3v) is 4.04. The second kappa shape index (κ2) is 6.53. The van der Waals surface area contributed by atoms with Crippen molar-refractivity contribution in [3.8, 4) is 0 Å². The average molecular weight is 260 g/mol. The zero-order chi connectivity index (χ0) is 13.8. The zero-order valence-electron chi connectivity index (χ0n) is 12.5. The summed E-state index contributed by atoms with van der Waals surface area (Å²) in [4.78, 5) is 2.67. The van der Waals surface area contributed by atoms with Crippen LogP contribution in [0.25, 0.3) is 0 Å². The molecule has 2 heteroatoms. The van der Waals surface area contributed by atoms with Crippen LogP contribution in [-0.2, 0) is 0 Å². The molecule has 2 nitrogen and oxygen atoms in total. The number of benzene rings is 1. The highest BCUT2D eigenvalue weighted by Gasteiger charge is 2.36. The van der Waals surface area contributed by atoms with Gasteiger partial charge in [-0.05, 0) is 30.7 Å². The lowest BCUT2D eigenvalue weighted by atomic mass is 9.96. The molecule has 0 spiro atoms. The molecular weight excluding hydrogens is 232 g/mol. The van der Waals surface area contributed by atoms with Crippen LogP contribution in [0.15, 0.2) is 30.3 Å². The summed E-state index contributed by atoms with van der Waals surface area (Å²) in [6.07, 6.45) is 3.83. The SMILES string of the molecule is CCC(C(N)c1ccccc1)N(CC(C)C)C1CC1. The van der Waals surface area contributed by atoms with Crippen LogP contribution in [-0.4, -0.2) is 23.5 Å². The second-order valence-electron chi connectivity index (χ2n) is 6.23. The van der Waals surface area contributed by atoms with Crippen molar-refractivity contribution in [2.45, 2.75) is 58.2 Å². The van der Waals surface area contributed by atoms with Gasteiger partial charge in [0.25, 0.3) is 0 Å². The molecule has 1 fully saturated rings. The first-order valence-electron chi connectivity index (χ1n) is 7.69. The molecule has 2 unspecified atom stereocenters. The van der Waals surface area contributed by atoms with Crippen molar-refractivity contribution in [2.24, 2.45) is 11.7 Å². The Morgan fingerprint density at radius 2 is 1.84 bits per heavy atom. The third-order valence-electron chi connectivity index (χ3n) is 4.04. The molecule has 1 saturated carbocycles. The molecule has 19 heavy (non-hydrogen) atoms. The van der Waals surface area contributed by atoms with Gasteiger partial charge in [0.1, 0.15) is 0 Å². The van der Waals surface area contributed by atoms with E-state index in [0.717, 1.165) is 12.5 Å². The highest BCUT2D eigenvalue weighted by atomic mass is 15.2. The van der Waals surface area contributed by atoms with Crippen molar-refractivity contribution in [3.05, 3.63) is 35.9 Å². The van der Waals surface area contributed by atoms with Crippen LogP contribution in [0.2, 0.25) is 0 Å². The van der Waals surface area contributed by atoms with Crippen LogP contribution in [0.4, 0.5) is 0 Å². The third kappa shape index (κ3) is 3.80. The Labute approximate surface area is 118 Å². The van der Waals surface area contributed by atoms with Gasteiger partial charge in [-0.1, -0.05) is 51.1 Å².